The Hall–Kier alpha value is -5.31. The molecule has 2 aromatic carbocycles. The van der Waals surface area contributed by atoms with Gasteiger partial charge < -0.3 is 39.4 Å². The number of nitrogens with zero attached hydrogens (tertiary/aromatic N) is 2. The van der Waals surface area contributed by atoms with Gasteiger partial charge in [0.2, 0.25) is 23.6 Å². The van der Waals surface area contributed by atoms with Gasteiger partial charge in [0.25, 0.3) is 0 Å². The van der Waals surface area contributed by atoms with Crippen molar-refractivity contribution >= 4 is 52.3 Å². The zero-order chi connectivity index (χ0) is 44.1. The van der Waals surface area contributed by atoms with E-state index in [1.54, 1.807) is 13.8 Å². The summed E-state index contributed by atoms with van der Waals surface area (Å²) in [5.74, 6) is -4.84. The molecule has 2 aromatic rings. The van der Waals surface area contributed by atoms with Gasteiger partial charge in [-0.25, -0.2) is 4.79 Å². The molecule has 0 radical (unpaired) electrons. The molecule has 1 heterocycles. The van der Waals surface area contributed by atoms with E-state index >= 15 is 0 Å². The Morgan fingerprint density at radius 2 is 1.57 bits per heavy atom. The van der Waals surface area contributed by atoms with Crippen molar-refractivity contribution < 1.29 is 52.5 Å². The zero-order valence-electron chi connectivity index (χ0n) is 36.0. The first-order chi connectivity index (χ1) is 29.3. The molecule has 3 fully saturated rings. The summed E-state index contributed by atoms with van der Waals surface area (Å²) in [6, 6.07) is 11.8. The van der Waals surface area contributed by atoms with Crippen LogP contribution in [0.4, 0.5) is 0 Å². The first kappa shape index (κ1) is 46.8. The molecule has 0 aromatic heterocycles. The monoisotopic (exact) mass is 846 g/mol. The summed E-state index contributed by atoms with van der Waals surface area (Å²) in [5, 5.41) is 7.97. The minimum absolute atomic E-state index is 0.00317. The van der Waals surface area contributed by atoms with E-state index in [-0.39, 0.29) is 64.4 Å². The zero-order valence-corrected chi connectivity index (χ0v) is 36.0. The van der Waals surface area contributed by atoms with Gasteiger partial charge >= 0.3 is 17.9 Å². The number of fused-ring (bicyclic) bond motifs is 1. The third-order valence-electron chi connectivity index (χ3n) is 12.2. The molecule has 0 spiro atoms. The van der Waals surface area contributed by atoms with Crippen LogP contribution in [0.15, 0.2) is 55.1 Å². The Balaban J connectivity index is 1.37. The summed E-state index contributed by atoms with van der Waals surface area (Å²) in [6.45, 7) is 7.48. The first-order valence-corrected chi connectivity index (χ1v) is 21.5. The molecule has 2 saturated carbocycles. The van der Waals surface area contributed by atoms with Crippen molar-refractivity contribution in [3.05, 3.63) is 60.7 Å². The van der Waals surface area contributed by atoms with E-state index in [0.29, 0.717) is 12.8 Å². The van der Waals surface area contributed by atoms with Gasteiger partial charge in [0.1, 0.15) is 24.2 Å². The van der Waals surface area contributed by atoms with Crippen molar-refractivity contribution in [2.75, 3.05) is 40.5 Å². The van der Waals surface area contributed by atoms with Crippen LogP contribution in [-0.4, -0.2) is 116 Å². The Morgan fingerprint density at radius 3 is 2.20 bits per heavy atom. The van der Waals surface area contributed by atoms with Gasteiger partial charge in [0.05, 0.1) is 39.8 Å². The van der Waals surface area contributed by atoms with Gasteiger partial charge in [-0.3, -0.25) is 28.8 Å². The van der Waals surface area contributed by atoms with Gasteiger partial charge in [-0.15, -0.1) is 0 Å². The Kier molecular flexibility index (Phi) is 16.8. The number of benzene rings is 2. The average Bonchev–Trinajstić information content (AvgIpc) is 3.93. The van der Waals surface area contributed by atoms with Crippen LogP contribution < -0.4 is 10.6 Å². The Labute approximate surface area is 358 Å². The fraction of sp³-hybridized carbons (Fsp3) is 0.587. The smallest absolute Gasteiger partial charge is 0.332 e. The molecule has 61 heavy (non-hydrogen) atoms. The highest BCUT2D eigenvalue weighted by molar-refractivity contribution is 5.97. The summed E-state index contributed by atoms with van der Waals surface area (Å²) in [7, 11) is 2.50. The molecule has 5 rings (SSSR count). The van der Waals surface area contributed by atoms with Gasteiger partial charge in [0, 0.05) is 38.4 Å². The van der Waals surface area contributed by atoms with Crippen LogP contribution in [0.1, 0.15) is 90.0 Å². The number of hydrogen-bond acceptors (Lipinski definition) is 11. The molecule has 4 amide bonds. The van der Waals surface area contributed by atoms with Gasteiger partial charge in [-0.05, 0) is 53.9 Å². The van der Waals surface area contributed by atoms with Crippen LogP contribution in [0.2, 0.25) is 0 Å². The number of methoxy groups -OCH3 is 2. The van der Waals surface area contributed by atoms with E-state index in [2.05, 4.69) is 17.2 Å². The van der Waals surface area contributed by atoms with Crippen molar-refractivity contribution in [1.82, 2.24) is 20.4 Å². The van der Waals surface area contributed by atoms with Crippen molar-refractivity contribution in [2.24, 2.45) is 17.8 Å². The quantitative estimate of drug-likeness (QED) is 0.103. The minimum atomic E-state index is -1.19. The van der Waals surface area contributed by atoms with Crippen LogP contribution >= 0.6 is 0 Å². The van der Waals surface area contributed by atoms with E-state index in [9.17, 15) is 33.6 Å². The van der Waals surface area contributed by atoms with Crippen LogP contribution in [0, 0.1) is 17.8 Å². The summed E-state index contributed by atoms with van der Waals surface area (Å²) >= 11 is 0. The topological polar surface area (TPSA) is 187 Å². The number of carbonyl (C=O) groups is 7. The molecule has 0 bridgehead atoms. The second-order valence-electron chi connectivity index (χ2n) is 16.7. The normalized spacial score (nSPS) is 19.3. The standard InChI is InChI=1S/C46H62N4O11/c1-6-25-60-45(57)46(21-22-46)48-43(55)37-26-34(61-29-33-17-12-16-31-15-10-11-18-35(31)33)28-50(37)44(56)41(30(2)3)47-42(54)36(32-13-8-7-9-14-32)27-38(51)49(23-19-39(52)58-4)24-20-40(53)59-5/h6,10-12,15-18,30,32,34,36-37,41H,1,7-9,13-14,19-29H2,2-5H3,(H,47,54)(H,48,55). The number of rotatable bonds is 21. The summed E-state index contributed by atoms with van der Waals surface area (Å²) in [5.41, 5.74) is -0.237. The lowest BCUT2D eigenvalue weighted by Gasteiger charge is -2.34. The molecule has 4 unspecified atom stereocenters. The lowest BCUT2D eigenvalue weighted by Crippen LogP contribution is -2.58. The highest BCUT2D eigenvalue weighted by atomic mass is 16.5. The Bertz CT molecular complexity index is 1880. The van der Waals surface area contributed by atoms with Crippen molar-refractivity contribution in [2.45, 2.75) is 115 Å². The fourth-order valence-corrected chi connectivity index (χ4v) is 8.43. The van der Waals surface area contributed by atoms with Crippen LogP contribution in [0.5, 0.6) is 0 Å². The van der Waals surface area contributed by atoms with Gasteiger partial charge in [-0.1, -0.05) is 88.2 Å². The SMILES string of the molecule is C=CCOC(=O)C1(NC(=O)C2CC(OCc3cccc4ccccc34)CN2C(=O)C(NC(=O)C(CC(=O)N(CCC(=O)OC)CCC(=O)OC)C2CCCCC2)C(C)C)CC1. The number of esters is 3. The molecule has 4 atom stereocenters. The number of likely N-dealkylation sites (tertiary alicyclic amines) is 1. The highest BCUT2D eigenvalue weighted by Crippen LogP contribution is 2.38. The van der Waals surface area contributed by atoms with Gasteiger partial charge in [-0.2, -0.15) is 0 Å². The van der Waals surface area contributed by atoms with Crippen molar-refractivity contribution in [3.63, 3.8) is 0 Å². The summed E-state index contributed by atoms with van der Waals surface area (Å²) in [4.78, 5) is 97.3. The predicted octanol–water partition coefficient (Wildman–Crippen LogP) is 4.39. The molecular weight excluding hydrogens is 785 g/mol. The molecule has 2 aliphatic carbocycles. The third-order valence-corrected chi connectivity index (χ3v) is 12.2. The van der Waals surface area contributed by atoms with Crippen LogP contribution in [0.3, 0.4) is 0 Å². The summed E-state index contributed by atoms with van der Waals surface area (Å²) < 4.78 is 21.3. The average molecular weight is 847 g/mol. The fourth-order valence-electron chi connectivity index (χ4n) is 8.43. The second kappa shape index (κ2) is 22.0. The van der Waals surface area contributed by atoms with Crippen LogP contribution in [0.25, 0.3) is 10.8 Å². The lowest BCUT2D eigenvalue weighted by molar-refractivity contribution is -0.149. The van der Waals surface area contributed by atoms with E-state index in [1.807, 2.05) is 42.5 Å². The molecule has 15 heteroatoms. The number of hydrogen-bond donors (Lipinski definition) is 2. The maximum atomic E-state index is 14.8. The van der Waals surface area contributed by atoms with E-state index in [4.69, 9.17) is 18.9 Å². The molecule has 1 saturated heterocycles. The molecule has 1 aliphatic heterocycles. The Morgan fingerprint density at radius 1 is 0.918 bits per heavy atom. The van der Waals surface area contributed by atoms with E-state index in [1.165, 1.54) is 30.1 Å². The van der Waals surface area contributed by atoms with Crippen molar-refractivity contribution in [3.8, 4) is 0 Å². The maximum Gasteiger partial charge on any atom is 0.332 e. The molecule has 332 valence electrons. The van der Waals surface area contributed by atoms with E-state index < -0.39 is 77.1 Å². The molecule has 2 N–H and O–H groups in total. The first-order valence-electron chi connectivity index (χ1n) is 21.5. The predicted molar refractivity (Wildman–Crippen MR) is 225 cm³/mol. The van der Waals surface area contributed by atoms with Crippen LogP contribution in [-0.2, 0) is 59.1 Å². The number of carbonyl (C=O) groups excluding carboxylic acids is 7. The second-order valence-corrected chi connectivity index (χ2v) is 16.7. The molecule has 15 nitrogen and oxygen atoms in total. The lowest BCUT2D eigenvalue weighted by atomic mass is 9.77. The maximum absolute atomic E-state index is 14.8. The van der Waals surface area contributed by atoms with Crippen molar-refractivity contribution in [1.29, 1.82) is 0 Å². The number of ether oxygens (including phenoxy) is 4. The number of amides is 4. The number of nitrogens with one attached hydrogen (secondary N) is 2. The summed E-state index contributed by atoms with van der Waals surface area (Å²) in [6.07, 6.45) is 5.69. The third kappa shape index (κ3) is 12.4. The minimum Gasteiger partial charge on any atom is -0.469 e. The van der Waals surface area contributed by atoms with Gasteiger partial charge in [0.15, 0.2) is 0 Å². The molecule has 3 aliphatic rings. The van der Waals surface area contributed by atoms with E-state index in [0.717, 1.165) is 48.4 Å². The highest BCUT2D eigenvalue weighted by Gasteiger charge is 2.55. The largest absolute Gasteiger partial charge is 0.469 e. The molecular formula is C46H62N4O11.